The number of carbonyl (C=O) groups is 1. The molecule has 1 atom stereocenters. The van der Waals surface area contributed by atoms with Crippen LogP contribution in [0.1, 0.15) is 22.8 Å². The minimum atomic E-state index is -4.39. The number of rotatable bonds is 4. The van der Waals surface area contributed by atoms with Gasteiger partial charge in [-0.15, -0.1) is 5.11 Å². The van der Waals surface area contributed by atoms with Crippen LogP contribution in [-0.4, -0.2) is 17.8 Å². The summed E-state index contributed by atoms with van der Waals surface area (Å²) in [4.78, 5) is 12.4. The van der Waals surface area contributed by atoms with Crippen molar-refractivity contribution in [3.05, 3.63) is 71.8 Å². The zero-order chi connectivity index (χ0) is 21.2. The first-order valence-corrected chi connectivity index (χ1v) is 8.68. The number of amides is 1. The van der Waals surface area contributed by atoms with Crippen molar-refractivity contribution in [1.29, 1.82) is 10.9 Å². The summed E-state index contributed by atoms with van der Waals surface area (Å²) in [6.07, 6.45) is -4.39. The van der Waals surface area contributed by atoms with E-state index in [0.717, 1.165) is 28.5 Å². The van der Waals surface area contributed by atoms with Crippen LogP contribution in [-0.2, 0) is 6.18 Å². The van der Waals surface area contributed by atoms with Crippen LogP contribution in [0, 0.1) is 10.9 Å². The SMILES string of the molecule is CC(NC(=O)c1ccc2c(-c3ccc(C(F)(F)F)cc3)cccc2c1)C(=N)N=N. The molecule has 0 saturated heterocycles. The van der Waals surface area contributed by atoms with E-state index in [0.29, 0.717) is 11.1 Å². The molecule has 3 aromatic rings. The summed E-state index contributed by atoms with van der Waals surface area (Å²) in [6.45, 7) is 1.56. The number of nitrogens with one attached hydrogen (secondary N) is 3. The number of carbonyl (C=O) groups excluding carboxylic acids is 1. The molecule has 29 heavy (non-hydrogen) atoms. The Morgan fingerprint density at radius 1 is 1.07 bits per heavy atom. The monoisotopic (exact) mass is 398 g/mol. The van der Waals surface area contributed by atoms with Gasteiger partial charge in [0.15, 0.2) is 5.84 Å². The molecule has 1 amide bonds. The fourth-order valence-electron chi connectivity index (χ4n) is 2.96. The fraction of sp³-hybridized carbons (Fsp3) is 0.143. The zero-order valence-corrected chi connectivity index (χ0v) is 15.3. The topological polar surface area (TPSA) is 89.2 Å². The molecular weight excluding hydrogens is 381 g/mol. The van der Waals surface area contributed by atoms with Crippen molar-refractivity contribution in [2.24, 2.45) is 5.11 Å². The molecule has 0 radical (unpaired) electrons. The first kappa shape index (κ1) is 20.2. The van der Waals surface area contributed by atoms with E-state index in [-0.39, 0.29) is 5.84 Å². The van der Waals surface area contributed by atoms with Gasteiger partial charge in [-0.2, -0.15) is 13.2 Å². The quantitative estimate of drug-likeness (QED) is 0.296. The number of amidine groups is 1. The smallest absolute Gasteiger partial charge is 0.342 e. The van der Waals surface area contributed by atoms with Gasteiger partial charge in [0.1, 0.15) is 0 Å². The van der Waals surface area contributed by atoms with Gasteiger partial charge in [-0.1, -0.05) is 36.4 Å². The second-order valence-electron chi connectivity index (χ2n) is 6.51. The predicted molar refractivity (Wildman–Crippen MR) is 104 cm³/mol. The second-order valence-corrected chi connectivity index (χ2v) is 6.51. The van der Waals surface area contributed by atoms with Gasteiger partial charge in [-0.25, -0.2) is 5.53 Å². The lowest BCUT2D eigenvalue weighted by Gasteiger charge is -2.13. The average Bonchev–Trinajstić information content (AvgIpc) is 2.71. The van der Waals surface area contributed by atoms with E-state index in [1.807, 2.05) is 12.1 Å². The summed E-state index contributed by atoms with van der Waals surface area (Å²) >= 11 is 0. The largest absolute Gasteiger partial charge is 0.416 e. The highest BCUT2D eigenvalue weighted by molar-refractivity contribution is 6.03. The van der Waals surface area contributed by atoms with E-state index in [9.17, 15) is 18.0 Å². The lowest BCUT2D eigenvalue weighted by molar-refractivity contribution is -0.137. The zero-order valence-electron chi connectivity index (χ0n) is 15.3. The van der Waals surface area contributed by atoms with Crippen LogP contribution in [0.4, 0.5) is 13.2 Å². The maximum Gasteiger partial charge on any atom is 0.416 e. The van der Waals surface area contributed by atoms with E-state index < -0.39 is 23.7 Å². The summed E-state index contributed by atoms with van der Waals surface area (Å²) in [7, 11) is 0. The van der Waals surface area contributed by atoms with Gasteiger partial charge in [0.25, 0.3) is 5.91 Å². The van der Waals surface area contributed by atoms with E-state index >= 15 is 0 Å². The Kier molecular flexibility index (Phi) is 5.45. The first-order chi connectivity index (χ1) is 13.7. The lowest BCUT2D eigenvalue weighted by Crippen LogP contribution is -2.37. The van der Waals surface area contributed by atoms with Crippen LogP contribution in [0.25, 0.3) is 21.9 Å². The molecule has 0 spiro atoms. The lowest BCUT2D eigenvalue weighted by atomic mass is 9.96. The van der Waals surface area contributed by atoms with Gasteiger partial charge >= 0.3 is 6.18 Å². The standard InChI is InChI=1S/C21H17F3N4O/c1-12(19(25)28-26)27-20(29)15-7-10-18-14(11-15)3-2-4-17(18)13-5-8-16(9-6-13)21(22,23)24/h2-12,25-26H,1H3,(H,27,29). The predicted octanol–water partition coefficient (Wildman–Crippen LogP) is 5.65. The van der Waals surface area contributed by atoms with Gasteiger partial charge in [0.05, 0.1) is 11.6 Å². The Morgan fingerprint density at radius 3 is 2.38 bits per heavy atom. The van der Waals surface area contributed by atoms with Crippen molar-refractivity contribution in [3.63, 3.8) is 0 Å². The maximum absolute atomic E-state index is 12.8. The van der Waals surface area contributed by atoms with Crippen LogP contribution >= 0.6 is 0 Å². The molecule has 0 aliphatic carbocycles. The average molecular weight is 398 g/mol. The summed E-state index contributed by atoms with van der Waals surface area (Å²) in [5.41, 5.74) is 7.89. The molecule has 0 aliphatic heterocycles. The summed E-state index contributed by atoms with van der Waals surface area (Å²) in [5.74, 6) is -0.670. The molecule has 8 heteroatoms. The fourth-order valence-corrected chi connectivity index (χ4v) is 2.96. The first-order valence-electron chi connectivity index (χ1n) is 8.68. The molecule has 3 rings (SSSR count). The van der Waals surface area contributed by atoms with Crippen molar-refractivity contribution < 1.29 is 18.0 Å². The Morgan fingerprint density at radius 2 is 1.76 bits per heavy atom. The van der Waals surface area contributed by atoms with Crippen molar-refractivity contribution in [3.8, 4) is 11.1 Å². The van der Waals surface area contributed by atoms with Crippen LogP contribution in [0.15, 0.2) is 65.8 Å². The summed E-state index contributed by atoms with van der Waals surface area (Å²) in [6, 6.07) is 14.7. The number of hydrogen-bond acceptors (Lipinski definition) is 3. The van der Waals surface area contributed by atoms with Crippen molar-refractivity contribution in [1.82, 2.24) is 5.32 Å². The molecule has 0 bridgehead atoms. The van der Waals surface area contributed by atoms with Crippen molar-refractivity contribution in [2.45, 2.75) is 19.1 Å². The molecule has 3 N–H and O–H groups in total. The molecule has 1 unspecified atom stereocenters. The van der Waals surface area contributed by atoms with Crippen LogP contribution < -0.4 is 5.32 Å². The number of fused-ring (bicyclic) bond motifs is 1. The molecule has 0 heterocycles. The van der Waals surface area contributed by atoms with Gasteiger partial charge < -0.3 is 5.32 Å². The Labute approximate surface area is 164 Å². The van der Waals surface area contributed by atoms with Crippen molar-refractivity contribution in [2.75, 3.05) is 0 Å². The number of alkyl halides is 3. The Bertz CT molecular complexity index is 1090. The molecule has 3 aromatic carbocycles. The number of benzene rings is 3. The molecule has 5 nitrogen and oxygen atoms in total. The summed E-state index contributed by atoms with van der Waals surface area (Å²) in [5, 5.41) is 14.6. The normalized spacial score (nSPS) is 12.4. The van der Waals surface area contributed by atoms with E-state index in [4.69, 9.17) is 10.9 Å². The van der Waals surface area contributed by atoms with Gasteiger partial charge in [-0.05, 0) is 53.1 Å². The van der Waals surface area contributed by atoms with Crippen LogP contribution in [0.3, 0.4) is 0 Å². The third kappa shape index (κ3) is 4.31. The van der Waals surface area contributed by atoms with Gasteiger partial charge in [0.2, 0.25) is 0 Å². The van der Waals surface area contributed by atoms with Crippen LogP contribution in [0.2, 0.25) is 0 Å². The Hall–Kier alpha value is -3.55. The second kappa shape index (κ2) is 7.83. The number of hydrogen-bond donors (Lipinski definition) is 3. The highest BCUT2D eigenvalue weighted by Crippen LogP contribution is 2.33. The number of halogens is 3. The minimum absolute atomic E-state index is 0.260. The van der Waals surface area contributed by atoms with Crippen LogP contribution in [0.5, 0.6) is 0 Å². The third-order valence-electron chi connectivity index (χ3n) is 4.54. The molecule has 0 aromatic heterocycles. The van der Waals surface area contributed by atoms with E-state index in [2.05, 4.69) is 10.4 Å². The highest BCUT2D eigenvalue weighted by Gasteiger charge is 2.30. The molecule has 0 fully saturated rings. The van der Waals surface area contributed by atoms with Gasteiger partial charge in [0, 0.05) is 5.56 Å². The Balaban J connectivity index is 1.93. The summed E-state index contributed by atoms with van der Waals surface area (Å²) < 4.78 is 38.4. The molecule has 0 saturated carbocycles. The maximum atomic E-state index is 12.8. The highest BCUT2D eigenvalue weighted by atomic mass is 19.4. The number of nitrogens with zero attached hydrogens (tertiary/aromatic N) is 1. The van der Waals surface area contributed by atoms with E-state index in [1.54, 1.807) is 31.2 Å². The molecular formula is C21H17F3N4O. The minimum Gasteiger partial charge on any atom is -0.342 e. The van der Waals surface area contributed by atoms with Gasteiger partial charge in [-0.3, -0.25) is 10.2 Å². The molecule has 0 aliphatic rings. The molecule has 148 valence electrons. The van der Waals surface area contributed by atoms with Crippen molar-refractivity contribution >= 4 is 22.5 Å². The third-order valence-corrected chi connectivity index (χ3v) is 4.54. The van der Waals surface area contributed by atoms with E-state index in [1.165, 1.54) is 12.1 Å².